The van der Waals surface area contributed by atoms with Crippen LogP contribution in [-0.2, 0) is 14.4 Å². The van der Waals surface area contributed by atoms with Gasteiger partial charge in [-0.25, -0.2) is 4.79 Å². The molecule has 4 unspecified atom stereocenters. The van der Waals surface area contributed by atoms with Crippen LogP contribution in [0.4, 0.5) is 0 Å². The fraction of sp³-hybridized carbons (Fsp3) is 0.316. The van der Waals surface area contributed by atoms with Gasteiger partial charge in [-0.1, -0.05) is 30.9 Å². The number of hydrogen-bond donors (Lipinski definition) is 0. The van der Waals surface area contributed by atoms with Crippen LogP contribution in [0, 0.1) is 23.7 Å². The van der Waals surface area contributed by atoms with Crippen LogP contribution in [0.1, 0.15) is 17.9 Å². The average Bonchev–Trinajstić information content (AvgIpc) is 3.21. The molecule has 4 atom stereocenters. The van der Waals surface area contributed by atoms with Crippen LogP contribution in [0.15, 0.2) is 49.1 Å². The molecule has 116 valence electrons. The molecule has 0 N–H and O–H groups in total. The number of carbonyl (C=O) groups is 3. The van der Waals surface area contributed by atoms with Gasteiger partial charge in [-0.3, -0.25) is 9.59 Å². The van der Waals surface area contributed by atoms with Crippen molar-refractivity contribution in [1.82, 2.24) is 0 Å². The Bertz CT molecular complexity index is 730. The molecule has 0 aliphatic heterocycles. The lowest BCUT2D eigenvalue weighted by molar-refractivity contribution is -0.129. The number of Topliss-reactive ketones (excluding diaryl/α,β-unsaturated/α-hetero) is 2. The van der Waals surface area contributed by atoms with Gasteiger partial charge < -0.3 is 4.74 Å². The van der Waals surface area contributed by atoms with Crippen molar-refractivity contribution in [3.63, 3.8) is 0 Å². The molecule has 23 heavy (non-hydrogen) atoms. The second-order valence-corrected chi connectivity index (χ2v) is 6.44. The highest BCUT2D eigenvalue weighted by atomic mass is 16.5. The van der Waals surface area contributed by atoms with E-state index in [1.165, 1.54) is 0 Å². The fourth-order valence-electron chi connectivity index (χ4n) is 4.37. The Hall–Kier alpha value is -2.49. The number of benzene rings is 1. The highest BCUT2D eigenvalue weighted by Gasteiger charge is 2.59. The highest BCUT2D eigenvalue weighted by molar-refractivity contribution is 6.16. The van der Waals surface area contributed by atoms with Gasteiger partial charge in [-0.2, -0.15) is 0 Å². The Morgan fingerprint density at radius 1 is 1.13 bits per heavy atom. The first-order valence-electron chi connectivity index (χ1n) is 7.80. The van der Waals surface area contributed by atoms with Crippen molar-refractivity contribution in [1.29, 1.82) is 0 Å². The summed E-state index contributed by atoms with van der Waals surface area (Å²) in [6.07, 6.45) is 6.17. The number of rotatable bonds is 3. The summed E-state index contributed by atoms with van der Waals surface area (Å²) >= 11 is 0. The third-order valence-electron chi connectivity index (χ3n) is 5.26. The van der Waals surface area contributed by atoms with Gasteiger partial charge in [0.25, 0.3) is 0 Å². The van der Waals surface area contributed by atoms with Gasteiger partial charge in [-0.15, -0.1) is 0 Å². The van der Waals surface area contributed by atoms with Crippen LogP contribution in [0.3, 0.4) is 0 Å². The topological polar surface area (TPSA) is 60.4 Å². The van der Waals surface area contributed by atoms with Crippen molar-refractivity contribution >= 4 is 17.5 Å². The van der Waals surface area contributed by atoms with Gasteiger partial charge in [0.1, 0.15) is 11.7 Å². The molecule has 1 aromatic carbocycles. The van der Waals surface area contributed by atoms with Gasteiger partial charge in [0.05, 0.1) is 0 Å². The monoisotopic (exact) mass is 308 g/mol. The molecule has 4 nitrogen and oxygen atoms in total. The second kappa shape index (κ2) is 5.01. The first-order chi connectivity index (χ1) is 11.1. The number of esters is 1. The molecule has 2 bridgehead atoms. The molecule has 2 saturated carbocycles. The number of ketones is 2. The van der Waals surface area contributed by atoms with E-state index in [9.17, 15) is 14.4 Å². The van der Waals surface area contributed by atoms with Crippen LogP contribution in [0.25, 0.3) is 0 Å². The van der Waals surface area contributed by atoms with Crippen LogP contribution in [0.5, 0.6) is 5.75 Å². The first-order valence-corrected chi connectivity index (χ1v) is 7.80. The number of fused-ring (bicyclic) bond motifs is 5. The molecular formula is C19H16O4. The SMILES string of the molecule is C=CC(=O)Oc1cccc(C2C(=O)C3C4C=CC(C4)C3C2=O)c1. The summed E-state index contributed by atoms with van der Waals surface area (Å²) in [6, 6.07) is 6.68. The van der Waals surface area contributed by atoms with E-state index in [0.717, 1.165) is 12.5 Å². The summed E-state index contributed by atoms with van der Waals surface area (Å²) in [5.41, 5.74) is 0.614. The largest absolute Gasteiger partial charge is 0.423 e. The summed E-state index contributed by atoms with van der Waals surface area (Å²) in [5, 5.41) is 0. The number of ether oxygens (including phenoxy) is 1. The zero-order valence-electron chi connectivity index (χ0n) is 12.5. The van der Waals surface area contributed by atoms with Gasteiger partial charge in [0, 0.05) is 17.9 Å². The lowest BCUT2D eigenvalue weighted by Crippen LogP contribution is -2.21. The predicted octanol–water partition coefficient (Wildman–Crippen LogP) is 2.45. The summed E-state index contributed by atoms with van der Waals surface area (Å²) < 4.78 is 5.09. The fourth-order valence-corrected chi connectivity index (χ4v) is 4.37. The molecule has 0 aromatic heterocycles. The molecule has 0 radical (unpaired) electrons. The Morgan fingerprint density at radius 3 is 2.39 bits per heavy atom. The van der Waals surface area contributed by atoms with Gasteiger partial charge in [-0.05, 0) is 36.0 Å². The maximum absolute atomic E-state index is 12.8. The minimum atomic E-state index is -0.724. The smallest absolute Gasteiger partial charge is 0.335 e. The van der Waals surface area contributed by atoms with E-state index < -0.39 is 11.9 Å². The summed E-state index contributed by atoms with van der Waals surface area (Å²) in [5.74, 6) is -0.826. The Morgan fingerprint density at radius 2 is 1.78 bits per heavy atom. The van der Waals surface area contributed by atoms with Crippen molar-refractivity contribution in [2.24, 2.45) is 23.7 Å². The molecular weight excluding hydrogens is 292 g/mol. The molecule has 2 fully saturated rings. The molecule has 3 aliphatic rings. The Kier molecular flexibility index (Phi) is 3.08. The lowest BCUT2D eigenvalue weighted by Gasteiger charge is -2.16. The van der Waals surface area contributed by atoms with Gasteiger partial charge in [0.15, 0.2) is 11.6 Å². The van der Waals surface area contributed by atoms with Crippen molar-refractivity contribution in [3.8, 4) is 5.75 Å². The van der Waals surface area contributed by atoms with E-state index in [0.29, 0.717) is 11.3 Å². The number of allylic oxidation sites excluding steroid dienone is 2. The molecule has 0 spiro atoms. The summed E-state index contributed by atoms with van der Waals surface area (Å²) in [6.45, 7) is 3.35. The minimum absolute atomic E-state index is 0.0176. The van der Waals surface area contributed by atoms with Crippen LogP contribution >= 0.6 is 0 Å². The first kappa shape index (κ1) is 14.1. The van der Waals surface area contributed by atoms with Crippen molar-refractivity contribution in [3.05, 3.63) is 54.6 Å². The van der Waals surface area contributed by atoms with E-state index in [2.05, 4.69) is 18.7 Å². The molecule has 3 aliphatic carbocycles. The molecule has 1 aromatic rings. The summed E-state index contributed by atoms with van der Waals surface area (Å²) in [7, 11) is 0. The summed E-state index contributed by atoms with van der Waals surface area (Å²) in [4.78, 5) is 36.9. The zero-order valence-corrected chi connectivity index (χ0v) is 12.5. The van der Waals surface area contributed by atoms with E-state index in [4.69, 9.17) is 4.74 Å². The minimum Gasteiger partial charge on any atom is -0.423 e. The van der Waals surface area contributed by atoms with Crippen molar-refractivity contribution in [2.75, 3.05) is 0 Å². The Labute approximate surface area is 133 Å². The quantitative estimate of drug-likeness (QED) is 0.283. The standard InChI is InChI=1S/C19H16O4/c1-2-14(20)23-13-5-3-4-10(9-13)17-18(21)15-11-6-7-12(8-11)16(15)19(17)22/h2-7,9,11-12,15-17H,1,8H2. The highest BCUT2D eigenvalue weighted by Crippen LogP contribution is 2.55. The number of hydrogen-bond acceptors (Lipinski definition) is 4. The third-order valence-corrected chi connectivity index (χ3v) is 5.26. The molecule has 0 heterocycles. The van der Waals surface area contributed by atoms with Crippen molar-refractivity contribution < 1.29 is 19.1 Å². The van der Waals surface area contributed by atoms with E-state index in [1.807, 2.05) is 0 Å². The predicted molar refractivity (Wildman–Crippen MR) is 82.7 cm³/mol. The van der Waals surface area contributed by atoms with E-state index in [-0.39, 0.29) is 35.2 Å². The Balaban J connectivity index is 1.65. The molecule has 4 heteroatoms. The molecule has 0 saturated heterocycles. The molecule has 0 amide bonds. The van der Waals surface area contributed by atoms with E-state index in [1.54, 1.807) is 24.3 Å². The third kappa shape index (κ3) is 2.01. The second-order valence-electron chi connectivity index (χ2n) is 6.44. The zero-order chi connectivity index (χ0) is 16.1. The lowest BCUT2D eigenvalue weighted by atomic mass is 9.85. The molecule has 4 rings (SSSR count). The van der Waals surface area contributed by atoms with Crippen molar-refractivity contribution in [2.45, 2.75) is 12.3 Å². The normalized spacial score (nSPS) is 33.8. The van der Waals surface area contributed by atoms with Gasteiger partial charge >= 0.3 is 5.97 Å². The van der Waals surface area contributed by atoms with Gasteiger partial charge in [0.2, 0.25) is 0 Å². The average molecular weight is 308 g/mol. The maximum Gasteiger partial charge on any atom is 0.335 e. The maximum atomic E-state index is 12.8. The van der Waals surface area contributed by atoms with Crippen LogP contribution < -0.4 is 4.74 Å². The van der Waals surface area contributed by atoms with E-state index >= 15 is 0 Å². The van der Waals surface area contributed by atoms with Crippen LogP contribution in [0.2, 0.25) is 0 Å². The van der Waals surface area contributed by atoms with Crippen LogP contribution in [-0.4, -0.2) is 17.5 Å². The number of carbonyl (C=O) groups excluding carboxylic acids is 3.